The van der Waals surface area contributed by atoms with Crippen LogP contribution in [0.2, 0.25) is 0 Å². The van der Waals surface area contributed by atoms with Crippen molar-refractivity contribution < 1.29 is 25.2 Å². The molecule has 0 saturated carbocycles. The van der Waals surface area contributed by atoms with Gasteiger partial charge < -0.3 is 20.4 Å². The van der Waals surface area contributed by atoms with Crippen molar-refractivity contribution in [2.24, 2.45) is 5.41 Å². The molecule has 4 N–H and O–H groups in total. The maximum absolute atomic E-state index is 11.0. The number of carbonyl (C=O) groups is 1. The Hall–Kier alpha value is -0.910. The summed E-state index contributed by atoms with van der Waals surface area (Å²) in [5.41, 5.74) is -2.13. The fourth-order valence-electron chi connectivity index (χ4n) is 2.86. The van der Waals surface area contributed by atoms with Gasteiger partial charge in [-0.15, -0.1) is 0 Å². The summed E-state index contributed by atoms with van der Waals surface area (Å²) in [4.78, 5) is 11.0. The van der Waals surface area contributed by atoms with Crippen LogP contribution in [0.5, 0.6) is 0 Å². The Kier molecular flexibility index (Phi) is 12.0. The summed E-state index contributed by atoms with van der Waals surface area (Å²) in [6, 6.07) is 0. The molecule has 0 radical (unpaired) electrons. The Bertz CT molecular complexity index is 415. The molecule has 0 aliphatic rings. The van der Waals surface area contributed by atoms with E-state index >= 15 is 0 Å². The zero-order valence-electron chi connectivity index (χ0n) is 17.1. The van der Waals surface area contributed by atoms with E-state index in [9.17, 15) is 20.1 Å². The van der Waals surface area contributed by atoms with E-state index in [1.54, 1.807) is 19.9 Å². The Morgan fingerprint density at radius 1 is 1.00 bits per heavy atom. The van der Waals surface area contributed by atoms with Crippen LogP contribution >= 0.6 is 0 Å². The summed E-state index contributed by atoms with van der Waals surface area (Å²) in [6.45, 7) is 7.11. The Morgan fingerprint density at radius 3 is 2.19 bits per heavy atom. The number of unbranched alkanes of at least 4 members (excludes halogenated alkanes) is 6. The zero-order valence-corrected chi connectivity index (χ0v) is 17.1. The number of hydrogen-bond acceptors (Lipinski definition) is 4. The van der Waals surface area contributed by atoms with Crippen LogP contribution in [-0.2, 0) is 4.79 Å². The van der Waals surface area contributed by atoms with Crippen LogP contribution in [0.4, 0.5) is 0 Å². The first-order valence-electron chi connectivity index (χ1n) is 10.0. The average Bonchev–Trinajstić information content (AvgIpc) is 2.56. The molecule has 0 aliphatic heterocycles. The third kappa shape index (κ3) is 10.3. The van der Waals surface area contributed by atoms with Crippen molar-refractivity contribution in [2.75, 3.05) is 0 Å². The van der Waals surface area contributed by atoms with E-state index in [0.717, 1.165) is 51.4 Å². The molecule has 0 spiro atoms. The van der Waals surface area contributed by atoms with Crippen LogP contribution in [-0.4, -0.2) is 44.2 Å². The third-order valence-corrected chi connectivity index (χ3v) is 5.02. The second-order valence-electron chi connectivity index (χ2n) is 8.28. The highest BCUT2D eigenvalue weighted by Crippen LogP contribution is 2.25. The van der Waals surface area contributed by atoms with Gasteiger partial charge in [0.15, 0.2) is 0 Å². The third-order valence-electron chi connectivity index (χ3n) is 5.02. The number of carboxylic acid groups (broad SMARTS) is 1. The summed E-state index contributed by atoms with van der Waals surface area (Å²) >= 11 is 0. The molecule has 0 aromatic carbocycles. The largest absolute Gasteiger partial charge is 0.481 e. The molecule has 3 atom stereocenters. The van der Waals surface area contributed by atoms with Crippen LogP contribution in [0.25, 0.3) is 0 Å². The van der Waals surface area contributed by atoms with Gasteiger partial charge in [0.25, 0.3) is 0 Å². The molecule has 5 nitrogen and oxygen atoms in total. The highest BCUT2D eigenvalue weighted by atomic mass is 16.4. The number of aliphatic hydroxyl groups excluding tert-OH is 2. The molecule has 0 aliphatic carbocycles. The maximum atomic E-state index is 11.0. The fraction of sp³-hybridized carbons (Fsp3) is 0.857. The lowest BCUT2D eigenvalue weighted by molar-refractivity contribution is -0.147. The Morgan fingerprint density at radius 2 is 1.62 bits per heavy atom. The van der Waals surface area contributed by atoms with Gasteiger partial charge in [-0.1, -0.05) is 57.6 Å². The van der Waals surface area contributed by atoms with Gasteiger partial charge in [-0.3, -0.25) is 4.79 Å². The topological polar surface area (TPSA) is 98.0 Å². The van der Waals surface area contributed by atoms with E-state index in [-0.39, 0.29) is 0 Å². The van der Waals surface area contributed by atoms with Crippen molar-refractivity contribution in [2.45, 2.75) is 110 Å². The summed E-state index contributed by atoms with van der Waals surface area (Å²) in [5, 5.41) is 39.7. The van der Waals surface area contributed by atoms with Crippen LogP contribution in [0, 0.1) is 5.41 Å². The summed E-state index contributed by atoms with van der Waals surface area (Å²) in [7, 11) is 0. The normalized spacial score (nSPS) is 17.2. The number of rotatable bonds is 15. The monoisotopic (exact) mass is 372 g/mol. The van der Waals surface area contributed by atoms with Crippen molar-refractivity contribution in [3.8, 4) is 0 Å². The van der Waals surface area contributed by atoms with Gasteiger partial charge in [-0.25, -0.2) is 0 Å². The molecule has 0 fully saturated rings. The van der Waals surface area contributed by atoms with E-state index < -0.39 is 29.2 Å². The predicted octanol–water partition coefficient (Wildman–Crippen LogP) is 4.05. The minimum atomic E-state index is -1.43. The molecule has 5 heteroatoms. The molecule has 0 saturated heterocycles. The highest BCUT2D eigenvalue weighted by molar-refractivity contribution is 5.73. The molecule has 0 amide bonds. The molecular formula is C21H40O5. The standard InChI is InChI=1S/C21H40O5/c1-5-6-7-9-13-16-21(4,26)18(23)17(22)14-11-8-10-12-15-20(2,3)19(24)25/h13,16-18,22-23,26H,5-12,14-15H2,1-4H3,(H,24,25)/b16-13-. The Balaban J connectivity index is 4.06. The number of carboxylic acids is 1. The number of aliphatic carboxylic acids is 1. The Labute approximate surface area is 159 Å². The lowest BCUT2D eigenvalue weighted by Crippen LogP contribution is -2.45. The average molecular weight is 373 g/mol. The lowest BCUT2D eigenvalue weighted by Gasteiger charge is -2.29. The van der Waals surface area contributed by atoms with Crippen molar-refractivity contribution >= 4 is 5.97 Å². The first kappa shape index (κ1) is 25.1. The molecule has 3 unspecified atom stereocenters. The molecule has 0 heterocycles. The van der Waals surface area contributed by atoms with E-state index in [2.05, 4.69) is 6.92 Å². The predicted molar refractivity (Wildman–Crippen MR) is 105 cm³/mol. The van der Waals surface area contributed by atoms with Gasteiger partial charge >= 0.3 is 5.97 Å². The molecular weight excluding hydrogens is 332 g/mol. The van der Waals surface area contributed by atoms with Crippen LogP contribution < -0.4 is 0 Å². The smallest absolute Gasteiger partial charge is 0.309 e. The molecule has 0 rings (SSSR count). The van der Waals surface area contributed by atoms with Gasteiger partial charge in [-0.05, 0) is 46.5 Å². The molecule has 0 aromatic heterocycles. The van der Waals surface area contributed by atoms with Gasteiger partial charge in [-0.2, -0.15) is 0 Å². The van der Waals surface area contributed by atoms with Crippen LogP contribution in [0.3, 0.4) is 0 Å². The second kappa shape index (κ2) is 12.5. The molecule has 154 valence electrons. The van der Waals surface area contributed by atoms with Gasteiger partial charge in [0.2, 0.25) is 0 Å². The number of hydrogen-bond donors (Lipinski definition) is 4. The van der Waals surface area contributed by atoms with E-state index in [1.807, 2.05) is 6.08 Å². The quantitative estimate of drug-likeness (QED) is 0.257. The van der Waals surface area contributed by atoms with Crippen LogP contribution in [0.1, 0.15) is 91.9 Å². The molecule has 0 bridgehead atoms. The number of allylic oxidation sites excluding steroid dienone is 1. The SMILES string of the molecule is CCCCC/C=C\C(C)(O)C(O)C(O)CCCCCCC(C)(C)C(=O)O. The van der Waals surface area contributed by atoms with Crippen molar-refractivity contribution in [1.29, 1.82) is 0 Å². The van der Waals surface area contributed by atoms with E-state index in [1.165, 1.54) is 6.92 Å². The van der Waals surface area contributed by atoms with Gasteiger partial charge in [0.1, 0.15) is 11.7 Å². The molecule has 0 aromatic rings. The highest BCUT2D eigenvalue weighted by Gasteiger charge is 2.33. The second-order valence-corrected chi connectivity index (χ2v) is 8.28. The first-order valence-corrected chi connectivity index (χ1v) is 10.0. The van der Waals surface area contributed by atoms with Crippen molar-refractivity contribution in [3.05, 3.63) is 12.2 Å². The maximum Gasteiger partial charge on any atom is 0.309 e. The van der Waals surface area contributed by atoms with Crippen LogP contribution in [0.15, 0.2) is 12.2 Å². The van der Waals surface area contributed by atoms with Gasteiger partial charge in [0.05, 0.1) is 11.5 Å². The first-order chi connectivity index (χ1) is 12.0. The number of aliphatic hydroxyl groups is 3. The summed E-state index contributed by atoms with van der Waals surface area (Å²) in [5.74, 6) is -0.777. The minimum absolute atomic E-state index is 0.420. The fourth-order valence-corrected chi connectivity index (χ4v) is 2.86. The van der Waals surface area contributed by atoms with E-state index in [0.29, 0.717) is 12.8 Å². The van der Waals surface area contributed by atoms with Crippen molar-refractivity contribution in [3.63, 3.8) is 0 Å². The van der Waals surface area contributed by atoms with Crippen molar-refractivity contribution in [1.82, 2.24) is 0 Å². The summed E-state index contributed by atoms with van der Waals surface area (Å²) in [6.07, 6.45) is 9.85. The van der Waals surface area contributed by atoms with E-state index in [4.69, 9.17) is 5.11 Å². The summed E-state index contributed by atoms with van der Waals surface area (Å²) < 4.78 is 0. The molecule has 26 heavy (non-hydrogen) atoms. The minimum Gasteiger partial charge on any atom is -0.481 e. The zero-order chi connectivity index (χ0) is 20.2. The lowest BCUT2D eigenvalue weighted by atomic mass is 9.86. The van der Waals surface area contributed by atoms with Gasteiger partial charge in [0, 0.05) is 0 Å².